The standard InChI is InChI=1S/C13H11Br2ClS/c1-2-8-3-5-9(6-4-8)12(16)10-7-11(14)17-13(10)15/h3-7,12H,2H2,1H3. The van der Waals surface area contributed by atoms with Gasteiger partial charge in [-0.05, 0) is 55.5 Å². The lowest BCUT2D eigenvalue weighted by molar-refractivity contribution is 1.10. The van der Waals surface area contributed by atoms with Gasteiger partial charge in [0, 0.05) is 5.56 Å². The molecule has 1 unspecified atom stereocenters. The highest BCUT2D eigenvalue weighted by molar-refractivity contribution is 9.12. The van der Waals surface area contributed by atoms with Crippen LogP contribution in [0.25, 0.3) is 0 Å². The quantitative estimate of drug-likeness (QED) is 0.547. The fraction of sp³-hybridized carbons (Fsp3) is 0.231. The van der Waals surface area contributed by atoms with Crippen LogP contribution in [-0.4, -0.2) is 0 Å². The molecule has 0 radical (unpaired) electrons. The Kier molecular flexibility index (Phi) is 4.70. The number of alkyl halides is 1. The van der Waals surface area contributed by atoms with Crippen molar-refractivity contribution in [1.82, 2.24) is 0 Å². The summed E-state index contributed by atoms with van der Waals surface area (Å²) >= 11 is 15.2. The number of hydrogen-bond acceptors (Lipinski definition) is 1. The van der Waals surface area contributed by atoms with Crippen LogP contribution in [0.3, 0.4) is 0 Å². The second-order valence-electron chi connectivity index (χ2n) is 3.74. The fourth-order valence-electron chi connectivity index (χ4n) is 1.63. The van der Waals surface area contributed by atoms with Crippen LogP contribution >= 0.6 is 54.8 Å². The van der Waals surface area contributed by atoms with Gasteiger partial charge in [-0.1, -0.05) is 31.2 Å². The number of benzene rings is 1. The summed E-state index contributed by atoms with van der Waals surface area (Å²) in [5.74, 6) is 0. The molecule has 1 atom stereocenters. The molecule has 0 N–H and O–H groups in total. The molecule has 2 aromatic rings. The van der Waals surface area contributed by atoms with E-state index in [4.69, 9.17) is 11.6 Å². The van der Waals surface area contributed by atoms with Crippen molar-refractivity contribution in [2.24, 2.45) is 0 Å². The molecule has 0 saturated carbocycles. The topological polar surface area (TPSA) is 0 Å². The number of aryl methyl sites for hydroxylation is 1. The zero-order valence-corrected chi connectivity index (χ0v) is 14.0. The van der Waals surface area contributed by atoms with E-state index in [9.17, 15) is 0 Å². The van der Waals surface area contributed by atoms with Crippen LogP contribution in [0.1, 0.15) is 29.0 Å². The van der Waals surface area contributed by atoms with Gasteiger partial charge in [0.15, 0.2) is 0 Å². The molecule has 1 heterocycles. The molecule has 0 nitrogen and oxygen atoms in total. The van der Waals surface area contributed by atoms with Crippen molar-refractivity contribution in [2.45, 2.75) is 18.7 Å². The lowest BCUT2D eigenvalue weighted by Gasteiger charge is -2.09. The van der Waals surface area contributed by atoms with Gasteiger partial charge in [-0.3, -0.25) is 0 Å². The van der Waals surface area contributed by atoms with Crippen LogP contribution in [0.2, 0.25) is 0 Å². The van der Waals surface area contributed by atoms with Gasteiger partial charge >= 0.3 is 0 Å². The highest BCUT2D eigenvalue weighted by Gasteiger charge is 2.16. The number of hydrogen-bond donors (Lipinski definition) is 0. The molecule has 0 saturated heterocycles. The molecule has 90 valence electrons. The molecule has 0 aliphatic heterocycles. The summed E-state index contributed by atoms with van der Waals surface area (Å²) < 4.78 is 2.18. The largest absolute Gasteiger partial charge is 0.121 e. The van der Waals surface area contributed by atoms with Gasteiger partial charge in [-0.2, -0.15) is 0 Å². The van der Waals surface area contributed by atoms with E-state index in [0.717, 1.165) is 25.1 Å². The molecular formula is C13H11Br2ClS. The molecule has 0 bridgehead atoms. The van der Waals surface area contributed by atoms with Crippen molar-refractivity contribution in [3.8, 4) is 0 Å². The van der Waals surface area contributed by atoms with Gasteiger partial charge in [-0.15, -0.1) is 22.9 Å². The van der Waals surface area contributed by atoms with Crippen LogP contribution in [0.15, 0.2) is 37.9 Å². The summed E-state index contributed by atoms with van der Waals surface area (Å²) in [5, 5.41) is -0.0992. The Balaban J connectivity index is 2.30. The van der Waals surface area contributed by atoms with E-state index >= 15 is 0 Å². The SMILES string of the molecule is CCc1ccc(C(Cl)c2cc(Br)sc2Br)cc1. The average Bonchev–Trinajstić information content (AvgIpc) is 2.68. The van der Waals surface area contributed by atoms with Crippen molar-refractivity contribution in [2.75, 3.05) is 0 Å². The zero-order chi connectivity index (χ0) is 12.4. The van der Waals surface area contributed by atoms with E-state index in [-0.39, 0.29) is 5.38 Å². The summed E-state index contributed by atoms with van der Waals surface area (Å²) in [6.07, 6.45) is 1.06. The highest BCUT2D eigenvalue weighted by atomic mass is 79.9. The fourth-order valence-corrected chi connectivity index (χ4v) is 5.04. The lowest BCUT2D eigenvalue weighted by Crippen LogP contribution is -1.92. The lowest BCUT2D eigenvalue weighted by atomic mass is 10.0. The number of halogens is 3. The van der Waals surface area contributed by atoms with Crippen molar-refractivity contribution in [3.05, 3.63) is 54.6 Å². The Morgan fingerprint density at radius 3 is 2.35 bits per heavy atom. The summed E-state index contributed by atoms with van der Waals surface area (Å²) in [6, 6.07) is 10.6. The maximum absolute atomic E-state index is 6.50. The van der Waals surface area contributed by atoms with Gasteiger partial charge in [0.1, 0.15) is 0 Å². The van der Waals surface area contributed by atoms with Gasteiger partial charge in [-0.25, -0.2) is 0 Å². The first-order valence-corrected chi connectivity index (χ1v) is 8.13. The van der Waals surface area contributed by atoms with Crippen molar-refractivity contribution < 1.29 is 0 Å². The molecule has 0 fully saturated rings. The van der Waals surface area contributed by atoms with Crippen LogP contribution in [0.5, 0.6) is 0 Å². The van der Waals surface area contributed by atoms with Gasteiger partial charge in [0.25, 0.3) is 0 Å². The molecule has 4 heteroatoms. The summed E-state index contributed by atoms with van der Waals surface area (Å²) in [6.45, 7) is 2.15. The maximum atomic E-state index is 6.50. The van der Waals surface area contributed by atoms with Crippen molar-refractivity contribution >= 4 is 54.8 Å². The van der Waals surface area contributed by atoms with Crippen LogP contribution < -0.4 is 0 Å². The first-order chi connectivity index (χ1) is 8.11. The Labute approximate surface area is 127 Å². The number of rotatable bonds is 3. The Bertz CT molecular complexity index is 505. The Morgan fingerprint density at radius 1 is 1.24 bits per heavy atom. The summed E-state index contributed by atoms with van der Waals surface area (Å²) in [4.78, 5) is 0. The minimum Gasteiger partial charge on any atom is -0.121 e. The summed E-state index contributed by atoms with van der Waals surface area (Å²) in [7, 11) is 0. The first-order valence-electron chi connectivity index (χ1n) is 5.29. The van der Waals surface area contributed by atoms with E-state index in [0.29, 0.717) is 0 Å². The third-order valence-corrected chi connectivity index (χ3v) is 5.51. The van der Waals surface area contributed by atoms with E-state index in [1.54, 1.807) is 11.3 Å². The second kappa shape index (κ2) is 5.87. The molecule has 1 aromatic heterocycles. The van der Waals surface area contributed by atoms with Crippen LogP contribution in [0, 0.1) is 0 Å². The van der Waals surface area contributed by atoms with E-state index in [1.165, 1.54) is 5.56 Å². The monoisotopic (exact) mass is 392 g/mol. The molecule has 0 aliphatic carbocycles. The second-order valence-corrected chi connectivity index (χ2v) is 7.92. The molecule has 2 rings (SSSR count). The zero-order valence-electron chi connectivity index (χ0n) is 9.21. The minimum absolute atomic E-state index is 0.0992. The molecule has 0 amide bonds. The van der Waals surface area contributed by atoms with Crippen molar-refractivity contribution in [3.63, 3.8) is 0 Å². The summed E-state index contributed by atoms with van der Waals surface area (Å²) in [5.41, 5.74) is 3.59. The Hall–Kier alpha value is 0.170. The van der Waals surface area contributed by atoms with Crippen LogP contribution in [0.4, 0.5) is 0 Å². The average molecular weight is 395 g/mol. The van der Waals surface area contributed by atoms with Gasteiger partial charge in [0.2, 0.25) is 0 Å². The molecule has 1 aromatic carbocycles. The molecule has 0 aliphatic rings. The normalized spacial score (nSPS) is 12.7. The van der Waals surface area contributed by atoms with E-state index < -0.39 is 0 Å². The van der Waals surface area contributed by atoms with E-state index in [1.807, 2.05) is 0 Å². The molecule has 17 heavy (non-hydrogen) atoms. The maximum Gasteiger partial charge on any atom is 0.0854 e. The van der Waals surface area contributed by atoms with Crippen LogP contribution in [-0.2, 0) is 6.42 Å². The van der Waals surface area contributed by atoms with Crippen molar-refractivity contribution in [1.29, 1.82) is 0 Å². The molecule has 0 spiro atoms. The molecular weight excluding hydrogens is 383 g/mol. The van der Waals surface area contributed by atoms with Gasteiger partial charge < -0.3 is 0 Å². The number of thiophene rings is 1. The predicted molar refractivity (Wildman–Crippen MR) is 83.2 cm³/mol. The minimum atomic E-state index is -0.0992. The smallest absolute Gasteiger partial charge is 0.0854 e. The van der Waals surface area contributed by atoms with E-state index in [2.05, 4.69) is 69.1 Å². The third kappa shape index (κ3) is 3.14. The first kappa shape index (κ1) is 13.6. The Morgan fingerprint density at radius 2 is 1.88 bits per heavy atom. The van der Waals surface area contributed by atoms with Gasteiger partial charge in [0.05, 0.1) is 12.9 Å². The third-order valence-electron chi connectivity index (χ3n) is 2.64. The highest BCUT2D eigenvalue weighted by Crippen LogP contribution is 2.40. The predicted octanol–water partition coefficient (Wildman–Crippen LogP) is 6.16.